The maximum Gasteiger partial charge on any atom is 0.274 e. The topological polar surface area (TPSA) is 54.0 Å². The van der Waals surface area contributed by atoms with Crippen molar-refractivity contribution in [3.63, 3.8) is 0 Å². The summed E-state index contributed by atoms with van der Waals surface area (Å²) in [7, 11) is 0. The number of amides is 1. The Morgan fingerprint density at radius 1 is 1.17 bits per heavy atom. The smallest absolute Gasteiger partial charge is 0.274 e. The molecule has 1 amide bonds. The molecule has 2 N–H and O–H groups in total. The van der Waals surface area contributed by atoms with Crippen molar-refractivity contribution in [2.45, 2.75) is 26.3 Å². The molecule has 7 heteroatoms. The van der Waals surface area contributed by atoms with Crippen LogP contribution in [0.1, 0.15) is 30.8 Å². The number of hydrogen-bond donors (Lipinski definition) is 2. The summed E-state index contributed by atoms with van der Waals surface area (Å²) in [5.41, 5.74) is 0.330. The zero-order valence-electron chi connectivity index (χ0n) is 12.7. The first-order valence-electron chi connectivity index (χ1n) is 7.09. The Kier molecular flexibility index (Phi) is 5.20. The van der Waals surface area contributed by atoms with E-state index < -0.39 is 29.0 Å². The Morgan fingerprint density at radius 2 is 1.91 bits per heavy atom. The third kappa shape index (κ3) is 4.00. The van der Waals surface area contributed by atoms with Crippen LogP contribution in [0.25, 0.3) is 0 Å². The molecule has 0 radical (unpaired) electrons. The number of aromatic nitrogens is 1. The van der Waals surface area contributed by atoms with Crippen LogP contribution < -0.4 is 10.6 Å². The van der Waals surface area contributed by atoms with Crippen LogP contribution in [0.5, 0.6) is 0 Å². The molecular formula is C16H16F3N3O. The SMILES string of the molecule is CCC(C)Nc1ccc(C(=O)Nc2ccc(F)c(F)c2F)nc1. The van der Waals surface area contributed by atoms with Gasteiger partial charge in [-0.1, -0.05) is 6.92 Å². The summed E-state index contributed by atoms with van der Waals surface area (Å²) < 4.78 is 39.5. The fourth-order valence-electron chi connectivity index (χ4n) is 1.81. The van der Waals surface area contributed by atoms with E-state index in [-0.39, 0.29) is 11.7 Å². The highest BCUT2D eigenvalue weighted by Gasteiger charge is 2.16. The largest absolute Gasteiger partial charge is 0.381 e. The molecule has 0 saturated carbocycles. The zero-order valence-corrected chi connectivity index (χ0v) is 12.7. The number of nitrogens with one attached hydrogen (secondary N) is 2. The van der Waals surface area contributed by atoms with Crippen LogP contribution in [0.2, 0.25) is 0 Å². The zero-order chi connectivity index (χ0) is 17.0. The molecule has 23 heavy (non-hydrogen) atoms. The molecule has 4 nitrogen and oxygen atoms in total. The molecule has 1 heterocycles. The van der Waals surface area contributed by atoms with Gasteiger partial charge in [0.15, 0.2) is 17.5 Å². The van der Waals surface area contributed by atoms with Gasteiger partial charge >= 0.3 is 0 Å². The minimum Gasteiger partial charge on any atom is -0.381 e. The Bertz CT molecular complexity index is 704. The summed E-state index contributed by atoms with van der Waals surface area (Å²) in [6.45, 7) is 4.04. The van der Waals surface area contributed by atoms with Gasteiger partial charge in [0.25, 0.3) is 5.91 Å². The molecule has 1 unspecified atom stereocenters. The van der Waals surface area contributed by atoms with Gasteiger partial charge in [-0.25, -0.2) is 18.2 Å². The Morgan fingerprint density at radius 3 is 2.52 bits per heavy atom. The summed E-state index contributed by atoms with van der Waals surface area (Å²) in [5.74, 6) is -5.12. The van der Waals surface area contributed by atoms with E-state index in [1.165, 1.54) is 12.3 Å². The average molecular weight is 323 g/mol. The van der Waals surface area contributed by atoms with Crippen LogP contribution in [-0.4, -0.2) is 16.9 Å². The first kappa shape index (κ1) is 16.8. The highest BCUT2D eigenvalue weighted by Crippen LogP contribution is 2.20. The normalized spacial score (nSPS) is 11.9. The van der Waals surface area contributed by atoms with Crippen LogP contribution in [0.15, 0.2) is 30.5 Å². The van der Waals surface area contributed by atoms with Crippen molar-refractivity contribution < 1.29 is 18.0 Å². The fraction of sp³-hybridized carbons (Fsp3) is 0.250. The van der Waals surface area contributed by atoms with Crippen LogP contribution >= 0.6 is 0 Å². The molecule has 0 aliphatic carbocycles. The number of rotatable bonds is 5. The van der Waals surface area contributed by atoms with Gasteiger partial charge in [-0.2, -0.15) is 0 Å². The molecule has 0 saturated heterocycles. The van der Waals surface area contributed by atoms with Crippen molar-refractivity contribution >= 4 is 17.3 Å². The summed E-state index contributed by atoms with van der Waals surface area (Å²) in [6.07, 6.45) is 2.40. The molecule has 1 aromatic heterocycles. The van der Waals surface area contributed by atoms with E-state index in [1.54, 1.807) is 6.07 Å². The second-order valence-electron chi connectivity index (χ2n) is 5.06. The van der Waals surface area contributed by atoms with Crippen molar-refractivity contribution in [1.82, 2.24) is 4.98 Å². The molecular weight excluding hydrogens is 307 g/mol. The predicted octanol–water partition coefficient (Wildman–Crippen LogP) is 3.96. The molecule has 122 valence electrons. The van der Waals surface area contributed by atoms with Gasteiger partial charge in [0.2, 0.25) is 0 Å². The lowest BCUT2D eigenvalue weighted by Crippen LogP contribution is -2.16. The van der Waals surface area contributed by atoms with Gasteiger partial charge < -0.3 is 10.6 Å². The van der Waals surface area contributed by atoms with E-state index in [0.717, 1.165) is 24.2 Å². The van der Waals surface area contributed by atoms with Crippen molar-refractivity contribution in [2.75, 3.05) is 10.6 Å². The number of benzene rings is 1. The standard InChI is InChI=1S/C16H16F3N3O/c1-3-9(2)21-10-4-6-13(20-8-10)16(23)22-12-7-5-11(17)14(18)15(12)19/h4-9,21H,3H2,1-2H3,(H,22,23). The van der Waals surface area contributed by atoms with Crippen LogP contribution in [0.3, 0.4) is 0 Å². The number of carbonyl (C=O) groups is 1. The summed E-state index contributed by atoms with van der Waals surface area (Å²) >= 11 is 0. The highest BCUT2D eigenvalue weighted by atomic mass is 19.2. The van der Waals surface area contributed by atoms with Crippen LogP contribution in [0.4, 0.5) is 24.5 Å². The van der Waals surface area contributed by atoms with Crippen molar-refractivity contribution in [3.05, 3.63) is 53.6 Å². The van der Waals surface area contributed by atoms with Crippen molar-refractivity contribution in [2.24, 2.45) is 0 Å². The monoisotopic (exact) mass is 323 g/mol. The quantitative estimate of drug-likeness (QED) is 0.819. The summed E-state index contributed by atoms with van der Waals surface area (Å²) in [5, 5.41) is 5.35. The van der Waals surface area contributed by atoms with Gasteiger partial charge in [0.1, 0.15) is 5.69 Å². The van der Waals surface area contributed by atoms with E-state index in [2.05, 4.69) is 15.6 Å². The molecule has 0 aliphatic rings. The lowest BCUT2D eigenvalue weighted by atomic mass is 10.2. The van der Waals surface area contributed by atoms with Gasteiger partial charge in [-0.05, 0) is 37.6 Å². The number of carbonyl (C=O) groups excluding carboxylic acids is 1. The number of halogens is 3. The first-order chi connectivity index (χ1) is 10.9. The number of pyridine rings is 1. The van der Waals surface area contributed by atoms with E-state index in [4.69, 9.17) is 0 Å². The second kappa shape index (κ2) is 7.13. The van der Waals surface area contributed by atoms with Gasteiger partial charge in [-0.3, -0.25) is 4.79 Å². The van der Waals surface area contributed by atoms with E-state index in [9.17, 15) is 18.0 Å². The third-order valence-electron chi connectivity index (χ3n) is 3.30. The molecule has 2 aromatic rings. The maximum atomic E-state index is 13.5. The molecule has 0 spiro atoms. The van der Waals surface area contributed by atoms with Crippen LogP contribution in [0, 0.1) is 17.5 Å². The molecule has 2 rings (SSSR count). The van der Waals surface area contributed by atoms with E-state index >= 15 is 0 Å². The third-order valence-corrected chi connectivity index (χ3v) is 3.30. The van der Waals surface area contributed by atoms with Gasteiger partial charge in [-0.15, -0.1) is 0 Å². The lowest BCUT2D eigenvalue weighted by molar-refractivity contribution is 0.102. The fourth-order valence-corrected chi connectivity index (χ4v) is 1.81. The molecule has 0 bridgehead atoms. The molecule has 0 aliphatic heterocycles. The minimum absolute atomic E-state index is 0.0313. The lowest BCUT2D eigenvalue weighted by Gasteiger charge is -2.12. The van der Waals surface area contributed by atoms with E-state index in [0.29, 0.717) is 0 Å². The second-order valence-corrected chi connectivity index (χ2v) is 5.06. The van der Waals surface area contributed by atoms with Crippen molar-refractivity contribution in [1.29, 1.82) is 0 Å². The van der Waals surface area contributed by atoms with Crippen molar-refractivity contribution in [3.8, 4) is 0 Å². The van der Waals surface area contributed by atoms with E-state index in [1.807, 2.05) is 13.8 Å². The Balaban J connectivity index is 2.11. The first-order valence-corrected chi connectivity index (χ1v) is 7.09. The molecule has 1 aromatic carbocycles. The average Bonchev–Trinajstić information content (AvgIpc) is 2.55. The minimum atomic E-state index is -1.64. The Labute approximate surface area is 131 Å². The molecule has 1 atom stereocenters. The highest BCUT2D eigenvalue weighted by molar-refractivity contribution is 6.03. The summed E-state index contributed by atoms with van der Waals surface area (Å²) in [6, 6.07) is 5.06. The number of hydrogen-bond acceptors (Lipinski definition) is 3. The van der Waals surface area contributed by atoms with Gasteiger partial charge in [0.05, 0.1) is 17.6 Å². The maximum absolute atomic E-state index is 13.5. The molecule has 0 fully saturated rings. The summed E-state index contributed by atoms with van der Waals surface area (Å²) in [4.78, 5) is 15.9. The van der Waals surface area contributed by atoms with Gasteiger partial charge in [0, 0.05) is 6.04 Å². The number of anilines is 2. The Hall–Kier alpha value is -2.57. The van der Waals surface area contributed by atoms with Crippen LogP contribution in [-0.2, 0) is 0 Å². The predicted molar refractivity (Wildman–Crippen MR) is 81.9 cm³/mol. The number of nitrogens with zero attached hydrogens (tertiary/aromatic N) is 1.